The molecule has 104 valence electrons. The maximum atomic E-state index is 12.0. The summed E-state index contributed by atoms with van der Waals surface area (Å²) in [6.45, 7) is 0. The summed E-state index contributed by atoms with van der Waals surface area (Å²) in [5, 5.41) is 0.505. The summed E-state index contributed by atoms with van der Waals surface area (Å²) in [6.07, 6.45) is 0. The third kappa shape index (κ3) is 2.38. The summed E-state index contributed by atoms with van der Waals surface area (Å²) < 4.78 is 4.63. The van der Waals surface area contributed by atoms with Crippen LogP contribution < -0.4 is 5.56 Å². The number of carbonyl (C=O) groups is 1. The van der Waals surface area contributed by atoms with Gasteiger partial charge in [0.1, 0.15) is 11.4 Å². The molecule has 1 aromatic carbocycles. The van der Waals surface area contributed by atoms with Crippen LogP contribution in [0.1, 0.15) is 10.5 Å². The molecule has 0 amide bonds. The number of ether oxygens (including phenoxy) is 1. The predicted molar refractivity (Wildman–Crippen MR) is 76.9 cm³/mol. The van der Waals surface area contributed by atoms with Crippen molar-refractivity contribution in [1.82, 2.24) is 15.0 Å². The van der Waals surface area contributed by atoms with Gasteiger partial charge in [0.15, 0.2) is 5.82 Å². The Morgan fingerprint density at radius 3 is 2.71 bits per heavy atom. The second-order valence-electron chi connectivity index (χ2n) is 4.33. The van der Waals surface area contributed by atoms with Crippen molar-refractivity contribution >= 4 is 16.9 Å². The van der Waals surface area contributed by atoms with Crippen LogP contribution in [0.5, 0.6) is 0 Å². The number of methoxy groups -OCH3 is 1. The van der Waals surface area contributed by atoms with Gasteiger partial charge in [0, 0.05) is 0 Å². The number of hydrogen-bond acceptors (Lipinski definition) is 5. The Kier molecular flexibility index (Phi) is 3.19. The van der Waals surface area contributed by atoms with E-state index in [1.165, 1.54) is 13.2 Å². The highest BCUT2D eigenvalue weighted by molar-refractivity contribution is 5.87. The van der Waals surface area contributed by atoms with Crippen molar-refractivity contribution in [2.75, 3.05) is 7.11 Å². The van der Waals surface area contributed by atoms with E-state index in [0.29, 0.717) is 22.4 Å². The zero-order chi connectivity index (χ0) is 14.8. The average molecular weight is 281 g/mol. The fourth-order valence-corrected chi connectivity index (χ4v) is 1.99. The summed E-state index contributed by atoms with van der Waals surface area (Å²) in [4.78, 5) is 34.7. The lowest BCUT2D eigenvalue weighted by Crippen LogP contribution is -2.11. The van der Waals surface area contributed by atoms with E-state index in [9.17, 15) is 9.59 Å². The van der Waals surface area contributed by atoms with E-state index in [1.54, 1.807) is 36.4 Å². The first-order valence-corrected chi connectivity index (χ1v) is 6.24. The number of nitrogens with one attached hydrogen (secondary N) is 1. The standard InChI is InChI=1S/C15H11N3O3/c1-21-15(20)12-8-4-7-11(16-12)13-17-10-6-3-2-5-9(10)14(19)18-13/h2-8H,1H3,(H,17,18,19). The number of carbonyl (C=O) groups excluding carboxylic acids is 1. The van der Waals surface area contributed by atoms with E-state index in [1.807, 2.05) is 0 Å². The third-order valence-electron chi connectivity index (χ3n) is 3.00. The lowest BCUT2D eigenvalue weighted by atomic mass is 10.2. The highest BCUT2D eigenvalue weighted by Gasteiger charge is 2.11. The fourth-order valence-electron chi connectivity index (χ4n) is 1.99. The van der Waals surface area contributed by atoms with Crippen LogP contribution in [0, 0.1) is 0 Å². The SMILES string of the molecule is COC(=O)c1cccc(-c2nc3ccccc3c(=O)[nH]2)n1. The summed E-state index contributed by atoms with van der Waals surface area (Å²) in [6, 6.07) is 11.9. The van der Waals surface area contributed by atoms with Crippen molar-refractivity contribution in [3.8, 4) is 11.5 Å². The number of hydrogen-bond donors (Lipinski definition) is 1. The Morgan fingerprint density at radius 1 is 1.10 bits per heavy atom. The van der Waals surface area contributed by atoms with Gasteiger partial charge in [0.25, 0.3) is 5.56 Å². The highest BCUT2D eigenvalue weighted by Crippen LogP contribution is 2.14. The number of H-pyrrole nitrogens is 1. The van der Waals surface area contributed by atoms with Gasteiger partial charge in [-0.25, -0.2) is 14.8 Å². The zero-order valence-electron chi connectivity index (χ0n) is 11.2. The molecule has 3 aromatic rings. The van der Waals surface area contributed by atoms with Crippen molar-refractivity contribution in [2.45, 2.75) is 0 Å². The van der Waals surface area contributed by atoms with E-state index in [2.05, 4.69) is 19.7 Å². The molecule has 0 saturated carbocycles. The van der Waals surface area contributed by atoms with Crippen molar-refractivity contribution in [2.24, 2.45) is 0 Å². The maximum Gasteiger partial charge on any atom is 0.356 e. The molecule has 1 N–H and O–H groups in total. The molecular weight excluding hydrogens is 270 g/mol. The molecular formula is C15H11N3O3. The monoisotopic (exact) mass is 281 g/mol. The first-order valence-electron chi connectivity index (χ1n) is 6.24. The smallest absolute Gasteiger partial charge is 0.356 e. The number of nitrogens with zero attached hydrogens (tertiary/aromatic N) is 2. The van der Waals surface area contributed by atoms with Crippen LogP contribution in [0.4, 0.5) is 0 Å². The number of esters is 1. The van der Waals surface area contributed by atoms with Gasteiger partial charge >= 0.3 is 5.97 Å². The van der Waals surface area contributed by atoms with Crippen molar-refractivity contribution < 1.29 is 9.53 Å². The van der Waals surface area contributed by atoms with Crippen LogP contribution in [0.25, 0.3) is 22.4 Å². The summed E-state index contributed by atoms with van der Waals surface area (Å²) in [5.41, 5.74) is 0.883. The van der Waals surface area contributed by atoms with Crippen LogP contribution in [0.15, 0.2) is 47.3 Å². The second kappa shape index (κ2) is 5.16. The Morgan fingerprint density at radius 2 is 1.90 bits per heavy atom. The largest absolute Gasteiger partial charge is 0.464 e. The van der Waals surface area contributed by atoms with Crippen LogP contribution in [0.3, 0.4) is 0 Å². The average Bonchev–Trinajstić information content (AvgIpc) is 2.54. The molecule has 0 saturated heterocycles. The Labute approximate surface area is 119 Å². The Balaban J connectivity index is 2.17. The molecule has 2 aromatic heterocycles. The number of benzene rings is 1. The molecule has 0 spiro atoms. The van der Waals surface area contributed by atoms with Crippen LogP contribution in [-0.2, 0) is 4.74 Å². The Bertz CT molecular complexity index is 886. The van der Waals surface area contributed by atoms with E-state index < -0.39 is 5.97 Å². The summed E-state index contributed by atoms with van der Waals surface area (Å²) in [7, 11) is 1.28. The molecule has 0 atom stereocenters. The van der Waals surface area contributed by atoms with E-state index in [-0.39, 0.29) is 11.3 Å². The minimum atomic E-state index is -0.542. The molecule has 0 aliphatic rings. The normalized spacial score (nSPS) is 10.5. The molecule has 0 fully saturated rings. The molecule has 0 unspecified atom stereocenters. The number of para-hydroxylation sites is 1. The van der Waals surface area contributed by atoms with Gasteiger partial charge in [-0.3, -0.25) is 4.79 Å². The van der Waals surface area contributed by atoms with Gasteiger partial charge in [0.2, 0.25) is 0 Å². The van der Waals surface area contributed by atoms with E-state index in [0.717, 1.165) is 0 Å². The first kappa shape index (κ1) is 13.0. The molecule has 2 heterocycles. The third-order valence-corrected chi connectivity index (χ3v) is 3.00. The van der Waals surface area contributed by atoms with Gasteiger partial charge in [-0.05, 0) is 24.3 Å². The number of fused-ring (bicyclic) bond motifs is 1. The van der Waals surface area contributed by atoms with Gasteiger partial charge < -0.3 is 9.72 Å². The van der Waals surface area contributed by atoms with Crippen molar-refractivity contribution in [3.63, 3.8) is 0 Å². The minimum Gasteiger partial charge on any atom is -0.464 e. The minimum absolute atomic E-state index is 0.158. The van der Waals surface area contributed by atoms with Gasteiger partial charge in [0.05, 0.1) is 18.0 Å². The number of aromatic nitrogens is 3. The lowest BCUT2D eigenvalue weighted by molar-refractivity contribution is 0.0594. The number of rotatable bonds is 2. The quantitative estimate of drug-likeness (QED) is 0.724. The number of aromatic amines is 1. The second-order valence-corrected chi connectivity index (χ2v) is 4.33. The summed E-state index contributed by atoms with van der Waals surface area (Å²) in [5.74, 6) is -0.232. The van der Waals surface area contributed by atoms with E-state index in [4.69, 9.17) is 0 Å². The van der Waals surface area contributed by atoms with Gasteiger partial charge in [-0.15, -0.1) is 0 Å². The molecule has 0 aliphatic heterocycles. The summed E-state index contributed by atoms with van der Waals surface area (Å²) >= 11 is 0. The molecule has 21 heavy (non-hydrogen) atoms. The van der Waals surface area contributed by atoms with Crippen molar-refractivity contribution in [3.05, 3.63) is 58.5 Å². The molecule has 0 aliphatic carbocycles. The molecule has 0 radical (unpaired) electrons. The lowest BCUT2D eigenvalue weighted by Gasteiger charge is -2.04. The van der Waals surface area contributed by atoms with Gasteiger partial charge in [-0.2, -0.15) is 0 Å². The van der Waals surface area contributed by atoms with E-state index >= 15 is 0 Å². The topological polar surface area (TPSA) is 84.9 Å². The van der Waals surface area contributed by atoms with Crippen molar-refractivity contribution in [1.29, 1.82) is 0 Å². The molecule has 0 bridgehead atoms. The molecule has 6 heteroatoms. The fraction of sp³-hybridized carbons (Fsp3) is 0.0667. The Hall–Kier alpha value is -3.02. The molecule has 6 nitrogen and oxygen atoms in total. The zero-order valence-corrected chi connectivity index (χ0v) is 11.2. The van der Waals surface area contributed by atoms with Crippen LogP contribution in [-0.4, -0.2) is 28.0 Å². The first-order chi connectivity index (χ1) is 10.2. The maximum absolute atomic E-state index is 12.0. The predicted octanol–water partition coefficient (Wildman–Crippen LogP) is 1.77. The van der Waals surface area contributed by atoms with Gasteiger partial charge in [-0.1, -0.05) is 18.2 Å². The highest BCUT2D eigenvalue weighted by atomic mass is 16.5. The number of pyridine rings is 1. The van der Waals surface area contributed by atoms with Crippen LogP contribution >= 0.6 is 0 Å². The molecule has 3 rings (SSSR count). The van der Waals surface area contributed by atoms with Crippen LogP contribution in [0.2, 0.25) is 0 Å².